The summed E-state index contributed by atoms with van der Waals surface area (Å²) in [5, 5.41) is 11.5. The van der Waals surface area contributed by atoms with Crippen LogP contribution in [0.4, 0.5) is 11.5 Å². The molecule has 0 aliphatic carbocycles. The normalized spacial score (nSPS) is 22.1. The first kappa shape index (κ1) is 32.0. The number of nitrogen functional groups attached to an aromatic ring is 1. The van der Waals surface area contributed by atoms with Crippen LogP contribution in [0.5, 0.6) is 5.75 Å². The van der Waals surface area contributed by atoms with E-state index in [0.29, 0.717) is 0 Å². The fraction of sp³-hybridized carbons (Fsp3) is 0.389. The lowest BCUT2D eigenvalue weighted by Gasteiger charge is -2.22. The third-order valence-electron chi connectivity index (χ3n) is 5.59. The highest BCUT2D eigenvalue weighted by Gasteiger charge is 2.46. The molecule has 21 nitrogen and oxygen atoms in total. The third kappa shape index (κ3) is 7.93. The Balaban J connectivity index is 1.54. The lowest BCUT2D eigenvalue weighted by atomic mass is 10.1. The highest BCUT2D eigenvalue weighted by atomic mass is 31.3. The average molecular weight is 656 g/mol. The second kappa shape index (κ2) is 12.4. The quantitative estimate of drug-likeness (QED) is 0.0989. The number of nitro benzene ring substituents is 1. The van der Waals surface area contributed by atoms with Gasteiger partial charge in [0, 0.05) is 6.42 Å². The van der Waals surface area contributed by atoms with Gasteiger partial charge in [-0.25, -0.2) is 28.6 Å². The van der Waals surface area contributed by atoms with Gasteiger partial charge in [-0.15, -0.1) is 0 Å². The summed E-state index contributed by atoms with van der Waals surface area (Å²) in [7, 11) is -15.6. The van der Waals surface area contributed by atoms with Crippen LogP contribution >= 0.6 is 23.5 Å². The van der Waals surface area contributed by atoms with Crippen molar-refractivity contribution in [3.8, 4) is 5.75 Å². The summed E-state index contributed by atoms with van der Waals surface area (Å²) in [5.41, 5.74) is 6.11. The number of aromatic nitrogens is 4. The number of phosphoric acid groups is 3. The zero-order valence-electron chi connectivity index (χ0n) is 21.2. The number of hydrogen-bond donors (Lipinski definition) is 5. The van der Waals surface area contributed by atoms with Crippen molar-refractivity contribution < 1.29 is 65.5 Å². The van der Waals surface area contributed by atoms with Crippen molar-refractivity contribution in [1.29, 1.82) is 0 Å². The fourth-order valence-electron chi connectivity index (χ4n) is 3.93. The van der Waals surface area contributed by atoms with Gasteiger partial charge >= 0.3 is 23.5 Å². The molecule has 3 aromatic rings. The molecule has 0 radical (unpaired) electrons. The van der Waals surface area contributed by atoms with E-state index < -0.39 is 53.4 Å². The Hall–Kier alpha value is -2.90. The van der Waals surface area contributed by atoms with Gasteiger partial charge in [-0.2, -0.15) is 8.62 Å². The molecule has 5 atom stereocenters. The van der Waals surface area contributed by atoms with Gasteiger partial charge in [0.2, 0.25) is 0 Å². The van der Waals surface area contributed by atoms with Crippen molar-refractivity contribution in [2.24, 2.45) is 0 Å². The topological polar surface area (TPSA) is 300 Å². The first-order valence-corrected chi connectivity index (χ1v) is 15.9. The number of ether oxygens (including phenoxy) is 3. The molecule has 0 saturated carbocycles. The van der Waals surface area contributed by atoms with Crippen LogP contribution in [0.3, 0.4) is 0 Å². The van der Waals surface area contributed by atoms with Gasteiger partial charge in [0.05, 0.1) is 43.2 Å². The second-order valence-electron chi connectivity index (χ2n) is 8.45. The molecule has 230 valence electrons. The van der Waals surface area contributed by atoms with Crippen molar-refractivity contribution in [3.05, 3.63) is 46.5 Å². The van der Waals surface area contributed by atoms with Crippen LogP contribution in [-0.2, 0) is 42.9 Å². The molecule has 1 saturated heterocycles. The van der Waals surface area contributed by atoms with Gasteiger partial charge in [0.15, 0.2) is 11.5 Å². The summed E-state index contributed by atoms with van der Waals surface area (Å²) in [6.45, 7) is -0.714. The van der Waals surface area contributed by atoms with Crippen LogP contribution in [0.1, 0.15) is 18.2 Å². The summed E-state index contributed by atoms with van der Waals surface area (Å²) < 4.78 is 65.8. The largest absolute Gasteiger partial charge is 0.497 e. The molecule has 1 aliphatic rings. The Labute approximate surface area is 234 Å². The van der Waals surface area contributed by atoms with E-state index in [0.717, 1.165) is 6.33 Å². The summed E-state index contributed by atoms with van der Waals surface area (Å²) in [6, 6.07) is 4.07. The van der Waals surface area contributed by atoms with E-state index in [-0.39, 0.29) is 47.0 Å². The minimum absolute atomic E-state index is 0.0579. The number of nitrogens with zero attached hydrogens (tertiary/aromatic N) is 5. The van der Waals surface area contributed by atoms with Crippen LogP contribution in [-0.4, -0.2) is 69.9 Å². The first-order chi connectivity index (χ1) is 19.6. The molecule has 1 fully saturated rings. The van der Waals surface area contributed by atoms with Crippen LogP contribution in [0.15, 0.2) is 30.9 Å². The minimum atomic E-state index is -5.79. The standard InChI is InChI=1S/C18H23N6O15P3/c1-34-11-3-2-10(12(4-11)24(25)26)6-35-7-14-13(37-41(30,31)39-42(32,33)38-40(27,28)29)5-15(36-14)23-9-22-16-17(19)20-8-21-18(16)23/h2-4,8-9,13-15H,5-7H2,1H3,(H,30,31)(H,32,33)(H2,19,20,21)(H2,27,28,29)/t13-,14+,15+/m0/s1. The average Bonchev–Trinajstić information content (AvgIpc) is 3.46. The number of nitrogens with two attached hydrogens (primary N) is 1. The van der Waals surface area contributed by atoms with Crippen molar-refractivity contribution in [2.75, 3.05) is 19.5 Å². The monoisotopic (exact) mass is 656 g/mol. The zero-order valence-corrected chi connectivity index (χ0v) is 23.9. The maximum Gasteiger partial charge on any atom is 0.490 e. The molecule has 24 heteroatoms. The van der Waals surface area contributed by atoms with E-state index in [9.17, 15) is 33.6 Å². The van der Waals surface area contributed by atoms with Crippen LogP contribution in [0, 0.1) is 10.1 Å². The van der Waals surface area contributed by atoms with Crippen molar-refractivity contribution in [2.45, 2.75) is 31.5 Å². The predicted molar refractivity (Wildman–Crippen MR) is 136 cm³/mol. The van der Waals surface area contributed by atoms with Gasteiger partial charge < -0.3 is 39.5 Å². The lowest BCUT2D eigenvalue weighted by molar-refractivity contribution is -0.386. The Bertz CT molecular complexity index is 1610. The highest BCUT2D eigenvalue weighted by molar-refractivity contribution is 7.66. The number of anilines is 1. The number of fused-ring (bicyclic) bond motifs is 1. The van der Waals surface area contributed by atoms with Crippen molar-refractivity contribution >= 4 is 46.1 Å². The van der Waals surface area contributed by atoms with Gasteiger partial charge in [-0.3, -0.25) is 19.2 Å². The Morgan fingerprint density at radius 1 is 1.14 bits per heavy atom. The van der Waals surface area contributed by atoms with E-state index >= 15 is 0 Å². The minimum Gasteiger partial charge on any atom is -0.497 e. The molecule has 2 aromatic heterocycles. The number of methoxy groups -OCH3 is 1. The fourth-order valence-corrected chi connectivity index (χ4v) is 7.15. The van der Waals surface area contributed by atoms with E-state index in [1.807, 2.05) is 0 Å². The van der Waals surface area contributed by atoms with Gasteiger partial charge in [-0.1, -0.05) is 0 Å². The number of nitro groups is 1. The molecular formula is C18H23N6O15P3. The summed E-state index contributed by atoms with van der Waals surface area (Å²) >= 11 is 0. The summed E-state index contributed by atoms with van der Waals surface area (Å²) in [5.74, 6) is 0.294. The molecule has 2 unspecified atom stereocenters. The SMILES string of the molecule is COc1ccc(COC[C@H]2O[C@@H](n3cnc4c(N)ncnc43)C[C@@H]2OP(=O)(O)OP(=O)(O)OP(=O)(O)O)c([N+](=O)[O-])c1. The lowest BCUT2D eigenvalue weighted by Crippen LogP contribution is -2.28. The molecule has 4 rings (SSSR count). The zero-order chi connectivity index (χ0) is 30.9. The number of hydrogen-bond acceptors (Lipinski definition) is 15. The van der Waals surface area contributed by atoms with Crippen LogP contribution in [0.2, 0.25) is 0 Å². The maximum absolute atomic E-state index is 12.5. The molecule has 3 heterocycles. The van der Waals surface area contributed by atoms with E-state index in [4.69, 9.17) is 34.3 Å². The Morgan fingerprint density at radius 2 is 1.88 bits per heavy atom. The molecule has 0 spiro atoms. The molecule has 1 aliphatic heterocycles. The molecule has 42 heavy (non-hydrogen) atoms. The van der Waals surface area contributed by atoms with Gasteiger partial charge in [-0.05, 0) is 12.1 Å². The maximum atomic E-state index is 12.5. The Morgan fingerprint density at radius 3 is 2.55 bits per heavy atom. The number of phosphoric ester groups is 1. The molecule has 0 bridgehead atoms. The second-order valence-corrected chi connectivity index (χ2v) is 12.8. The van der Waals surface area contributed by atoms with Gasteiger partial charge in [0.1, 0.15) is 36.0 Å². The molecule has 6 N–H and O–H groups in total. The summed E-state index contributed by atoms with van der Waals surface area (Å²) in [4.78, 5) is 60.0. The smallest absolute Gasteiger partial charge is 0.490 e. The highest BCUT2D eigenvalue weighted by Crippen LogP contribution is 2.67. The van der Waals surface area contributed by atoms with Crippen molar-refractivity contribution in [3.63, 3.8) is 0 Å². The van der Waals surface area contributed by atoms with E-state index in [1.54, 1.807) is 0 Å². The van der Waals surface area contributed by atoms with Gasteiger partial charge in [0.25, 0.3) is 5.69 Å². The molecular weight excluding hydrogens is 633 g/mol. The van der Waals surface area contributed by atoms with Crippen LogP contribution < -0.4 is 10.5 Å². The molecule has 0 amide bonds. The van der Waals surface area contributed by atoms with Crippen molar-refractivity contribution in [1.82, 2.24) is 19.5 Å². The number of imidazole rings is 1. The van der Waals surface area contributed by atoms with Crippen LogP contribution in [0.25, 0.3) is 11.2 Å². The Kier molecular flexibility index (Phi) is 9.43. The van der Waals surface area contributed by atoms with E-state index in [1.165, 1.54) is 36.2 Å². The number of benzene rings is 1. The predicted octanol–water partition coefficient (Wildman–Crippen LogP) is 1.54. The summed E-state index contributed by atoms with van der Waals surface area (Å²) in [6.07, 6.45) is -1.42. The molecule has 1 aromatic carbocycles. The first-order valence-electron chi connectivity index (χ1n) is 11.4. The number of rotatable bonds is 13. The van der Waals surface area contributed by atoms with E-state index in [2.05, 4.69) is 23.6 Å². The third-order valence-corrected chi connectivity index (χ3v) is 9.46.